The molecule has 0 aliphatic heterocycles. The van der Waals surface area contributed by atoms with Crippen molar-refractivity contribution in [3.63, 3.8) is 0 Å². The lowest BCUT2D eigenvalue weighted by Gasteiger charge is -2.54. The zero-order chi connectivity index (χ0) is 25.8. The maximum absolute atomic E-state index is 14.2. The van der Waals surface area contributed by atoms with Crippen LogP contribution in [0.5, 0.6) is 5.75 Å². The number of hydrogen-bond donors (Lipinski definition) is 0. The van der Waals surface area contributed by atoms with Crippen LogP contribution >= 0.6 is 0 Å². The molecule has 0 bridgehead atoms. The molecule has 0 saturated heterocycles. The topological polar surface area (TPSA) is 36.0 Å². The lowest BCUT2D eigenvalue weighted by molar-refractivity contribution is -0.130. The number of hydrogen-bond acceptors (Lipinski definition) is 4. The van der Waals surface area contributed by atoms with Crippen molar-refractivity contribution in [2.45, 2.75) is 62.6 Å². The van der Waals surface area contributed by atoms with E-state index in [0.29, 0.717) is 5.92 Å². The molecule has 0 heterocycles. The summed E-state index contributed by atoms with van der Waals surface area (Å²) in [6.45, 7) is 2.47. The van der Waals surface area contributed by atoms with Crippen molar-refractivity contribution in [1.82, 2.24) is 14.7 Å². The van der Waals surface area contributed by atoms with E-state index in [-0.39, 0.29) is 16.9 Å². The summed E-state index contributed by atoms with van der Waals surface area (Å²) in [6, 6.07) is 15.3. The molecular weight excluding hydrogens is 453 g/mol. The van der Waals surface area contributed by atoms with Crippen molar-refractivity contribution >= 4 is 6.41 Å². The molecule has 2 fully saturated rings. The van der Waals surface area contributed by atoms with Gasteiger partial charge in [-0.15, -0.1) is 0 Å². The lowest BCUT2D eigenvalue weighted by atomic mass is 9.67. The fraction of sp³-hybridized carbons (Fsp3) is 0.567. The molecule has 0 spiro atoms. The van der Waals surface area contributed by atoms with Gasteiger partial charge in [-0.05, 0) is 101 Å². The van der Waals surface area contributed by atoms with Gasteiger partial charge < -0.3 is 9.64 Å². The average Bonchev–Trinajstić information content (AvgIpc) is 2.84. The van der Waals surface area contributed by atoms with Crippen molar-refractivity contribution in [3.8, 4) is 5.75 Å². The third-order valence-electron chi connectivity index (χ3n) is 8.82. The highest BCUT2D eigenvalue weighted by molar-refractivity contribution is 5.49. The summed E-state index contributed by atoms with van der Waals surface area (Å²) >= 11 is 0. The summed E-state index contributed by atoms with van der Waals surface area (Å²) in [5, 5.41) is 0. The van der Waals surface area contributed by atoms with Crippen LogP contribution < -0.4 is 4.74 Å². The van der Waals surface area contributed by atoms with Crippen LogP contribution in [0.25, 0.3) is 0 Å². The monoisotopic (exact) mass is 495 g/mol. The fourth-order valence-corrected chi connectivity index (χ4v) is 6.34. The SMILES string of the molecule is COc1ccc(CN(C)CC2(N(C=O)CC3CCC3)CCC(c3cccc(F)c3)(N(C)C)CC2)cc1. The normalized spacial score (nSPS) is 24.5. The fourth-order valence-electron chi connectivity index (χ4n) is 6.34. The summed E-state index contributed by atoms with van der Waals surface area (Å²) in [5.74, 6) is 1.28. The Balaban J connectivity index is 1.57. The third-order valence-corrected chi connectivity index (χ3v) is 8.82. The molecule has 2 aromatic rings. The van der Waals surface area contributed by atoms with Gasteiger partial charge in [0.15, 0.2) is 0 Å². The number of amides is 1. The summed E-state index contributed by atoms with van der Waals surface area (Å²) in [4.78, 5) is 19.3. The summed E-state index contributed by atoms with van der Waals surface area (Å²) in [6.07, 6.45) is 8.35. The highest BCUT2D eigenvalue weighted by atomic mass is 19.1. The first kappa shape index (κ1) is 26.6. The molecule has 0 atom stereocenters. The number of halogens is 1. The molecular formula is C30H42FN3O2. The van der Waals surface area contributed by atoms with Crippen LogP contribution in [0.3, 0.4) is 0 Å². The van der Waals surface area contributed by atoms with Gasteiger partial charge in [0.05, 0.1) is 12.6 Å². The van der Waals surface area contributed by atoms with Crippen molar-refractivity contribution in [1.29, 1.82) is 0 Å². The molecule has 36 heavy (non-hydrogen) atoms. The van der Waals surface area contributed by atoms with Gasteiger partial charge in [-0.1, -0.05) is 30.7 Å². The van der Waals surface area contributed by atoms with E-state index < -0.39 is 0 Å². The predicted molar refractivity (Wildman–Crippen MR) is 142 cm³/mol. The van der Waals surface area contributed by atoms with E-state index in [2.05, 4.69) is 54.0 Å². The number of methoxy groups -OCH3 is 1. The van der Waals surface area contributed by atoms with Gasteiger partial charge in [-0.3, -0.25) is 14.6 Å². The van der Waals surface area contributed by atoms with Crippen LogP contribution in [0.1, 0.15) is 56.1 Å². The first-order chi connectivity index (χ1) is 17.3. The van der Waals surface area contributed by atoms with E-state index in [4.69, 9.17) is 4.74 Å². The van der Waals surface area contributed by atoms with Gasteiger partial charge in [0.2, 0.25) is 6.41 Å². The molecule has 2 aliphatic carbocycles. The van der Waals surface area contributed by atoms with E-state index in [1.54, 1.807) is 13.2 Å². The Morgan fingerprint density at radius 3 is 2.25 bits per heavy atom. The molecule has 0 aromatic heterocycles. The minimum atomic E-state index is -0.231. The Labute approximate surface area is 216 Å². The lowest BCUT2D eigenvalue weighted by Crippen LogP contribution is -2.61. The first-order valence-electron chi connectivity index (χ1n) is 13.3. The van der Waals surface area contributed by atoms with E-state index in [1.165, 1.54) is 30.9 Å². The quantitative estimate of drug-likeness (QED) is 0.397. The predicted octanol–water partition coefficient (Wildman–Crippen LogP) is 5.29. The number of likely N-dealkylation sites (N-methyl/N-ethyl adjacent to an activating group) is 1. The number of ether oxygens (including phenoxy) is 1. The molecule has 2 aliphatic rings. The van der Waals surface area contributed by atoms with Crippen LogP contribution in [0.15, 0.2) is 48.5 Å². The molecule has 1 amide bonds. The molecule has 2 aromatic carbocycles. The zero-order valence-corrected chi connectivity index (χ0v) is 22.4. The molecule has 0 unspecified atom stereocenters. The van der Waals surface area contributed by atoms with Crippen molar-refractivity contribution in [2.75, 3.05) is 41.3 Å². The smallest absolute Gasteiger partial charge is 0.210 e. The van der Waals surface area contributed by atoms with Gasteiger partial charge in [-0.25, -0.2) is 4.39 Å². The number of carbonyl (C=O) groups excluding carboxylic acids is 1. The molecule has 6 heteroatoms. The summed E-state index contributed by atoms with van der Waals surface area (Å²) < 4.78 is 19.5. The number of rotatable bonds is 11. The Hall–Kier alpha value is -2.44. The Bertz CT molecular complexity index is 998. The molecule has 2 saturated carbocycles. The van der Waals surface area contributed by atoms with Crippen LogP contribution in [0.4, 0.5) is 4.39 Å². The van der Waals surface area contributed by atoms with Gasteiger partial charge in [0.25, 0.3) is 0 Å². The molecule has 4 rings (SSSR count). The van der Waals surface area contributed by atoms with Gasteiger partial charge in [-0.2, -0.15) is 0 Å². The van der Waals surface area contributed by atoms with Crippen LogP contribution in [-0.2, 0) is 16.9 Å². The maximum atomic E-state index is 14.2. The van der Waals surface area contributed by atoms with Gasteiger partial charge in [0, 0.05) is 25.2 Å². The number of nitrogens with zero attached hydrogens (tertiary/aromatic N) is 3. The Morgan fingerprint density at radius 2 is 1.72 bits per heavy atom. The van der Waals surface area contributed by atoms with Crippen molar-refractivity contribution in [3.05, 3.63) is 65.5 Å². The minimum Gasteiger partial charge on any atom is -0.497 e. The molecule has 5 nitrogen and oxygen atoms in total. The highest BCUT2D eigenvalue weighted by Crippen LogP contribution is 2.47. The average molecular weight is 496 g/mol. The Morgan fingerprint density at radius 1 is 1.03 bits per heavy atom. The van der Waals surface area contributed by atoms with Crippen LogP contribution in [0, 0.1) is 11.7 Å². The van der Waals surface area contributed by atoms with Crippen molar-refractivity contribution < 1.29 is 13.9 Å². The standard InChI is InChI=1S/C30H42FN3O2/c1-32(2)30(26-9-6-10-27(31)19-26)17-15-29(16-18-30,34(23-35)21-24-7-5-8-24)22-33(3)20-25-11-13-28(36-4)14-12-25/h6,9-14,19,23-24H,5,7-8,15-18,20-22H2,1-4H3. The van der Waals surface area contributed by atoms with Crippen LogP contribution in [-0.4, -0.2) is 68.0 Å². The summed E-state index contributed by atoms with van der Waals surface area (Å²) in [7, 11) is 8.03. The highest BCUT2D eigenvalue weighted by Gasteiger charge is 2.48. The van der Waals surface area contributed by atoms with E-state index >= 15 is 0 Å². The largest absolute Gasteiger partial charge is 0.497 e. The van der Waals surface area contributed by atoms with Crippen molar-refractivity contribution in [2.24, 2.45) is 5.92 Å². The second-order valence-electron chi connectivity index (χ2n) is 11.2. The number of benzene rings is 2. The van der Waals surface area contributed by atoms with Gasteiger partial charge >= 0.3 is 0 Å². The maximum Gasteiger partial charge on any atom is 0.210 e. The van der Waals surface area contributed by atoms with E-state index in [1.807, 2.05) is 18.2 Å². The van der Waals surface area contributed by atoms with Crippen LogP contribution in [0.2, 0.25) is 0 Å². The Kier molecular flexibility index (Phi) is 8.36. The zero-order valence-electron chi connectivity index (χ0n) is 22.4. The molecule has 0 radical (unpaired) electrons. The summed E-state index contributed by atoms with van der Waals surface area (Å²) in [5.41, 5.74) is 1.80. The molecule has 0 N–H and O–H groups in total. The second-order valence-corrected chi connectivity index (χ2v) is 11.2. The second kappa shape index (κ2) is 11.3. The van der Waals surface area contributed by atoms with E-state index in [0.717, 1.165) is 63.0 Å². The first-order valence-corrected chi connectivity index (χ1v) is 13.3. The van der Waals surface area contributed by atoms with Gasteiger partial charge in [0.1, 0.15) is 11.6 Å². The third kappa shape index (κ3) is 5.60. The number of carbonyl (C=O) groups is 1. The van der Waals surface area contributed by atoms with E-state index in [9.17, 15) is 9.18 Å². The molecule has 196 valence electrons. The minimum absolute atomic E-state index is 0.190.